The average molecular weight is 247 g/mol. The molecule has 0 aromatic carbocycles. The van der Waals surface area contributed by atoms with Crippen LogP contribution in [0.25, 0.3) is 0 Å². The van der Waals surface area contributed by atoms with Crippen LogP contribution in [0.5, 0.6) is 0 Å². The number of rotatable bonds is 6. The molecule has 0 spiro atoms. The molecule has 0 aliphatic heterocycles. The summed E-state index contributed by atoms with van der Waals surface area (Å²) >= 11 is 0. The van der Waals surface area contributed by atoms with Crippen molar-refractivity contribution in [1.29, 1.82) is 0 Å². The lowest BCUT2D eigenvalue weighted by atomic mass is 10.1. The van der Waals surface area contributed by atoms with E-state index in [1.54, 1.807) is 0 Å². The molecule has 2 aliphatic carbocycles. The Balaban J connectivity index is 0.00000128. The highest BCUT2D eigenvalue weighted by molar-refractivity contribution is 5.85. The van der Waals surface area contributed by atoms with Gasteiger partial charge in [-0.25, -0.2) is 0 Å². The van der Waals surface area contributed by atoms with Crippen LogP contribution in [0.3, 0.4) is 0 Å². The molecule has 2 fully saturated rings. The molecule has 0 radical (unpaired) electrons. The third-order valence-corrected chi connectivity index (χ3v) is 3.53. The van der Waals surface area contributed by atoms with Crippen molar-refractivity contribution in [2.75, 3.05) is 13.6 Å². The van der Waals surface area contributed by atoms with Gasteiger partial charge < -0.3 is 10.6 Å². The van der Waals surface area contributed by atoms with Crippen molar-refractivity contribution >= 4 is 18.3 Å². The molecule has 1 unspecified atom stereocenters. The number of nitrogens with one attached hydrogen (secondary N) is 2. The Morgan fingerprint density at radius 2 is 1.75 bits per heavy atom. The summed E-state index contributed by atoms with van der Waals surface area (Å²) in [6.45, 7) is 2.76. The first-order valence-corrected chi connectivity index (χ1v) is 6.17. The standard InChI is InChI=1S/C12H22N2O.ClH/c1-8(7-13-2)12(15)14-11(9-3-4-9)10-5-6-10;/h8-11,13H,3-7H2,1-2H3,(H,14,15);1H. The molecule has 1 amide bonds. The maximum Gasteiger partial charge on any atom is 0.224 e. The Kier molecular flexibility index (Phi) is 5.06. The number of amides is 1. The second-order valence-electron chi connectivity index (χ2n) is 5.17. The van der Waals surface area contributed by atoms with Crippen LogP contribution in [0.2, 0.25) is 0 Å². The fourth-order valence-electron chi connectivity index (χ4n) is 2.24. The predicted octanol–water partition coefficient (Wildman–Crippen LogP) is 1.57. The number of hydrogen-bond donors (Lipinski definition) is 2. The molecule has 0 bridgehead atoms. The quantitative estimate of drug-likeness (QED) is 0.747. The van der Waals surface area contributed by atoms with E-state index < -0.39 is 0 Å². The Hall–Kier alpha value is -0.280. The zero-order valence-corrected chi connectivity index (χ0v) is 11.0. The lowest BCUT2D eigenvalue weighted by Gasteiger charge is -2.20. The van der Waals surface area contributed by atoms with Crippen molar-refractivity contribution in [3.63, 3.8) is 0 Å². The largest absolute Gasteiger partial charge is 0.353 e. The average Bonchev–Trinajstić information content (AvgIpc) is 3.03. The summed E-state index contributed by atoms with van der Waals surface area (Å²) in [5, 5.41) is 6.30. The lowest BCUT2D eigenvalue weighted by Crippen LogP contribution is -2.43. The smallest absolute Gasteiger partial charge is 0.224 e. The first kappa shape index (κ1) is 13.8. The van der Waals surface area contributed by atoms with E-state index in [0.29, 0.717) is 6.04 Å². The lowest BCUT2D eigenvalue weighted by molar-refractivity contribution is -0.125. The van der Waals surface area contributed by atoms with Crippen LogP contribution in [0.1, 0.15) is 32.6 Å². The normalized spacial score (nSPS) is 21.4. The highest BCUT2D eigenvalue weighted by Gasteiger charge is 2.42. The Labute approximate surface area is 104 Å². The Morgan fingerprint density at radius 1 is 1.25 bits per heavy atom. The molecule has 2 aliphatic rings. The first-order valence-electron chi connectivity index (χ1n) is 6.17. The van der Waals surface area contributed by atoms with E-state index in [-0.39, 0.29) is 24.2 Å². The topological polar surface area (TPSA) is 41.1 Å². The van der Waals surface area contributed by atoms with Gasteiger partial charge in [0.05, 0.1) is 0 Å². The van der Waals surface area contributed by atoms with Gasteiger partial charge in [0.2, 0.25) is 5.91 Å². The van der Waals surface area contributed by atoms with Crippen LogP contribution in [-0.4, -0.2) is 25.5 Å². The van der Waals surface area contributed by atoms with Gasteiger partial charge in [-0.1, -0.05) is 6.92 Å². The maximum atomic E-state index is 11.9. The third-order valence-electron chi connectivity index (χ3n) is 3.53. The minimum atomic E-state index is 0. The van der Waals surface area contributed by atoms with Gasteiger partial charge in [-0.2, -0.15) is 0 Å². The molecule has 3 nitrogen and oxygen atoms in total. The van der Waals surface area contributed by atoms with Crippen LogP contribution in [-0.2, 0) is 4.79 Å². The number of hydrogen-bond acceptors (Lipinski definition) is 2. The molecule has 1 atom stereocenters. The molecule has 2 N–H and O–H groups in total. The second kappa shape index (κ2) is 5.87. The van der Waals surface area contributed by atoms with Gasteiger partial charge in [0, 0.05) is 18.5 Å². The summed E-state index contributed by atoms with van der Waals surface area (Å²) in [7, 11) is 1.89. The molecule has 16 heavy (non-hydrogen) atoms. The summed E-state index contributed by atoms with van der Waals surface area (Å²) in [4.78, 5) is 11.9. The van der Waals surface area contributed by atoms with E-state index >= 15 is 0 Å². The predicted molar refractivity (Wildman–Crippen MR) is 67.7 cm³/mol. The molecule has 0 heterocycles. The first-order chi connectivity index (χ1) is 7.22. The SMILES string of the molecule is CNCC(C)C(=O)NC(C1CC1)C1CC1.Cl. The van der Waals surface area contributed by atoms with E-state index in [9.17, 15) is 4.79 Å². The zero-order chi connectivity index (χ0) is 10.8. The summed E-state index contributed by atoms with van der Waals surface area (Å²) in [5.74, 6) is 1.91. The van der Waals surface area contributed by atoms with Crippen LogP contribution in [0.15, 0.2) is 0 Å². The molecule has 2 saturated carbocycles. The highest BCUT2D eigenvalue weighted by Crippen LogP contribution is 2.44. The van der Waals surface area contributed by atoms with E-state index in [2.05, 4.69) is 10.6 Å². The fourth-order valence-corrected chi connectivity index (χ4v) is 2.24. The van der Waals surface area contributed by atoms with Crippen LogP contribution in [0.4, 0.5) is 0 Å². The van der Waals surface area contributed by atoms with E-state index in [1.165, 1.54) is 25.7 Å². The number of carbonyl (C=O) groups is 1. The number of halogens is 1. The van der Waals surface area contributed by atoms with Crippen molar-refractivity contribution in [2.45, 2.75) is 38.6 Å². The minimum Gasteiger partial charge on any atom is -0.353 e. The van der Waals surface area contributed by atoms with Crippen molar-refractivity contribution in [3.05, 3.63) is 0 Å². The molecule has 4 heteroatoms. The van der Waals surface area contributed by atoms with Crippen molar-refractivity contribution in [1.82, 2.24) is 10.6 Å². The van der Waals surface area contributed by atoms with Crippen molar-refractivity contribution < 1.29 is 4.79 Å². The van der Waals surface area contributed by atoms with Gasteiger partial charge in [-0.3, -0.25) is 4.79 Å². The zero-order valence-electron chi connectivity index (χ0n) is 10.2. The molecular weight excluding hydrogens is 224 g/mol. The monoisotopic (exact) mass is 246 g/mol. The fraction of sp³-hybridized carbons (Fsp3) is 0.917. The minimum absolute atomic E-state index is 0. The molecule has 0 aromatic rings. The summed E-state index contributed by atoms with van der Waals surface area (Å²) < 4.78 is 0. The summed E-state index contributed by atoms with van der Waals surface area (Å²) in [6, 6.07) is 0.497. The van der Waals surface area contributed by atoms with E-state index in [4.69, 9.17) is 0 Å². The number of carbonyl (C=O) groups excluding carboxylic acids is 1. The Morgan fingerprint density at radius 3 is 2.12 bits per heavy atom. The van der Waals surface area contributed by atoms with E-state index in [1.807, 2.05) is 14.0 Å². The van der Waals surface area contributed by atoms with Gasteiger partial charge in [0.15, 0.2) is 0 Å². The molecular formula is C12H23ClN2O. The summed E-state index contributed by atoms with van der Waals surface area (Å²) in [6.07, 6.45) is 5.29. The highest BCUT2D eigenvalue weighted by atomic mass is 35.5. The van der Waals surface area contributed by atoms with Crippen LogP contribution >= 0.6 is 12.4 Å². The van der Waals surface area contributed by atoms with Crippen LogP contribution < -0.4 is 10.6 Å². The van der Waals surface area contributed by atoms with Gasteiger partial charge in [0.1, 0.15) is 0 Å². The van der Waals surface area contributed by atoms with Crippen LogP contribution in [0, 0.1) is 17.8 Å². The van der Waals surface area contributed by atoms with Gasteiger partial charge in [-0.05, 0) is 44.6 Å². The van der Waals surface area contributed by atoms with E-state index in [0.717, 1.165) is 18.4 Å². The summed E-state index contributed by atoms with van der Waals surface area (Å²) in [5.41, 5.74) is 0. The Bertz CT molecular complexity index is 227. The van der Waals surface area contributed by atoms with Crippen molar-refractivity contribution in [3.8, 4) is 0 Å². The molecule has 0 saturated heterocycles. The van der Waals surface area contributed by atoms with Gasteiger partial charge in [0.25, 0.3) is 0 Å². The third kappa shape index (κ3) is 3.63. The second-order valence-corrected chi connectivity index (χ2v) is 5.17. The van der Waals surface area contributed by atoms with Gasteiger partial charge in [-0.15, -0.1) is 12.4 Å². The molecule has 94 valence electrons. The van der Waals surface area contributed by atoms with Crippen molar-refractivity contribution in [2.24, 2.45) is 17.8 Å². The molecule has 0 aromatic heterocycles. The maximum absolute atomic E-state index is 11.9. The molecule has 2 rings (SSSR count). The van der Waals surface area contributed by atoms with Gasteiger partial charge >= 0.3 is 0 Å².